The van der Waals surface area contributed by atoms with Crippen molar-refractivity contribution in [1.82, 2.24) is 5.32 Å². The molecule has 0 radical (unpaired) electrons. The molecule has 0 aliphatic heterocycles. The first-order valence-corrected chi connectivity index (χ1v) is 8.26. The molecule has 1 aromatic heterocycles. The summed E-state index contributed by atoms with van der Waals surface area (Å²) in [5, 5.41) is 3.53. The van der Waals surface area contributed by atoms with Gasteiger partial charge in [0.2, 0.25) is 0 Å². The predicted molar refractivity (Wildman–Crippen MR) is 84.0 cm³/mol. The van der Waals surface area contributed by atoms with Crippen LogP contribution < -0.4 is 5.32 Å². The smallest absolute Gasteiger partial charge is 0.130 e. The molecule has 21 heavy (non-hydrogen) atoms. The number of hydrogen-bond donors (Lipinski definition) is 1. The molecule has 0 amide bonds. The highest BCUT2D eigenvalue weighted by atomic mass is 16.5. The van der Waals surface area contributed by atoms with Crippen LogP contribution in [0.25, 0.3) is 0 Å². The number of nitrogens with one attached hydrogen (secondary N) is 1. The van der Waals surface area contributed by atoms with Crippen LogP contribution >= 0.6 is 0 Å². The minimum Gasteiger partial charge on any atom is -0.464 e. The quantitative estimate of drug-likeness (QED) is 0.772. The third-order valence-corrected chi connectivity index (χ3v) is 4.72. The fourth-order valence-corrected chi connectivity index (χ4v) is 2.93. The Hall–Kier alpha value is -1.06. The van der Waals surface area contributed by atoms with E-state index in [2.05, 4.69) is 30.5 Å². The maximum atomic E-state index is 5.89. The Kier molecular flexibility index (Phi) is 4.81. The molecule has 0 spiro atoms. The Morgan fingerprint density at radius 1 is 1.29 bits per heavy atom. The summed E-state index contributed by atoms with van der Waals surface area (Å²) in [5.41, 5.74) is 1.27. The summed E-state index contributed by atoms with van der Waals surface area (Å²) in [6, 6.07) is 2.88. The van der Waals surface area contributed by atoms with Gasteiger partial charge in [0.1, 0.15) is 18.1 Å². The van der Waals surface area contributed by atoms with E-state index in [0.717, 1.165) is 43.1 Å². The molecule has 2 aliphatic rings. The Morgan fingerprint density at radius 2 is 2.10 bits per heavy atom. The van der Waals surface area contributed by atoms with Gasteiger partial charge in [0, 0.05) is 18.2 Å². The molecule has 1 fully saturated rings. The third-order valence-electron chi connectivity index (χ3n) is 4.72. The van der Waals surface area contributed by atoms with E-state index in [1.54, 1.807) is 0 Å². The normalized spacial score (nSPS) is 25.4. The van der Waals surface area contributed by atoms with Crippen molar-refractivity contribution in [1.29, 1.82) is 0 Å². The SMILES string of the molecule is Cc1oc(COCC2CC=CCC2C)cc1CNC1CC1. The number of furan rings is 1. The summed E-state index contributed by atoms with van der Waals surface area (Å²) in [5.74, 6) is 3.36. The van der Waals surface area contributed by atoms with Gasteiger partial charge in [-0.2, -0.15) is 0 Å². The minimum atomic E-state index is 0.594. The van der Waals surface area contributed by atoms with Crippen LogP contribution in [0.4, 0.5) is 0 Å². The van der Waals surface area contributed by atoms with Gasteiger partial charge in [-0.3, -0.25) is 0 Å². The zero-order valence-corrected chi connectivity index (χ0v) is 13.2. The standard InChI is InChI=1S/C18H27NO2/c1-13-5-3-4-6-15(13)11-20-12-18-9-16(14(2)21-18)10-19-17-7-8-17/h3-4,9,13,15,17,19H,5-8,10-12H2,1-2H3. The highest BCUT2D eigenvalue weighted by Gasteiger charge is 2.21. The monoisotopic (exact) mass is 289 g/mol. The van der Waals surface area contributed by atoms with Gasteiger partial charge in [0.15, 0.2) is 0 Å². The van der Waals surface area contributed by atoms with Gasteiger partial charge in [-0.25, -0.2) is 0 Å². The lowest BCUT2D eigenvalue weighted by Gasteiger charge is -2.24. The molecule has 3 nitrogen and oxygen atoms in total. The Labute approximate surface area is 127 Å². The number of aryl methyl sites for hydroxylation is 1. The van der Waals surface area contributed by atoms with E-state index in [9.17, 15) is 0 Å². The fraction of sp³-hybridized carbons (Fsp3) is 0.667. The third kappa shape index (κ3) is 4.21. The lowest BCUT2D eigenvalue weighted by molar-refractivity contribution is 0.0579. The molecular formula is C18H27NO2. The molecule has 3 rings (SSSR count). The lowest BCUT2D eigenvalue weighted by Crippen LogP contribution is -2.19. The second-order valence-electron chi connectivity index (χ2n) is 6.64. The van der Waals surface area contributed by atoms with Crippen molar-refractivity contribution in [3.05, 3.63) is 35.3 Å². The van der Waals surface area contributed by atoms with E-state index in [1.807, 2.05) is 6.92 Å². The molecule has 1 aromatic rings. The van der Waals surface area contributed by atoms with Crippen LogP contribution in [0.5, 0.6) is 0 Å². The maximum absolute atomic E-state index is 5.89. The molecule has 0 aromatic carbocycles. The summed E-state index contributed by atoms with van der Waals surface area (Å²) in [6.45, 7) is 6.71. The molecular weight excluding hydrogens is 262 g/mol. The van der Waals surface area contributed by atoms with Crippen LogP contribution in [0, 0.1) is 18.8 Å². The largest absolute Gasteiger partial charge is 0.464 e. The van der Waals surface area contributed by atoms with Crippen molar-refractivity contribution in [2.45, 2.75) is 58.7 Å². The van der Waals surface area contributed by atoms with E-state index in [-0.39, 0.29) is 0 Å². The molecule has 3 heteroatoms. The fourth-order valence-electron chi connectivity index (χ4n) is 2.93. The second-order valence-corrected chi connectivity index (χ2v) is 6.64. The predicted octanol–water partition coefficient (Wildman–Crippen LogP) is 3.96. The molecule has 0 saturated heterocycles. The molecule has 1 saturated carbocycles. The van der Waals surface area contributed by atoms with Crippen LogP contribution in [0.1, 0.15) is 49.7 Å². The average Bonchev–Trinajstić information content (AvgIpc) is 3.23. The minimum absolute atomic E-state index is 0.594. The van der Waals surface area contributed by atoms with E-state index >= 15 is 0 Å². The molecule has 0 bridgehead atoms. The van der Waals surface area contributed by atoms with E-state index in [0.29, 0.717) is 12.5 Å². The van der Waals surface area contributed by atoms with E-state index < -0.39 is 0 Å². The zero-order valence-electron chi connectivity index (χ0n) is 13.2. The van der Waals surface area contributed by atoms with Crippen molar-refractivity contribution in [2.24, 2.45) is 11.8 Å². The van der Waals surface area contributed by atoms with Crippen LogP contribution in [-0.4, -0.2) is 12.6 Å². The molecule has 2 unspecified atom stereocenters. The highest BCUT2D eigenvalue weighted by Crippen LogP contribution is 2.26. The molecule has 1 N–H and O–H groups in total. The van der Waals surface area contributed by atoms with Gasteiger partial charge in [-0.05, 0) is 50.5 Å². The van der Waals surface area contributed by atoms with Gasteiger partial charge in [0.25, 0.3) is 0 Å². The number of rotatable bonds is 7. The van der Waals surface area contributed by atoms with Gasteiger partial charge in [-0.15, -0.1) is 0 Å². The number of allylic oxidation sites excluding steroid dienone is 2. The first-order valence-electron chi connectivity index (χ1n) is 8.26. The van der Waals surface area contributed by atoms with Crippen molar-refractivity contribution in [3.8, 4) is 0 Å². The number of hydrogen-bond acceptors (Lipinski definition) is 3. The molecule has 2 atom stereocenters. The van der Waals surface area contributed by atoms with Crippen molar-refractivity contribution >= 4 is 0 Å². The van der Waals surface area contributed by atoms with Crippen LogP contribution in [0.15, 0.2) is 22.6 Å². The van der Waals surface area contributed by atoms with Gasteiger partial charge in [-0.1, -0.05) is 19.1 Å². The summed E-state index contributed by atoms with van der Waals surface area (Å²) in [4.78, 5) is 0. The Balaban J connectivity index is 1.44. The highest BCUT2D eigenvalue weighted by molar-refractivity contribution is 5.20. The average molecular weight is 289 g/mol. The van der Waals surface area contributed by atoms with Gasteiger partial charge < -0.3 is 14.5 Å². The van der Waals surface area contributed by atoms with Crippen LogP contribution in [0.3, 0.4) is 0 Å². The van der Waals surface area contributed by atoms with Gasteiger partial charge in [0.05, 0.1) is 6.61 Å². The molecule has 116 valence electrons. The maximum Gasteiger partial charge on any atom is 0.130 e. The summed E-state index contributed by atoms with van der Waals surface area (Å²) < 4.78 is 11.7. The topological polar surface area (TPSA) is 34.4 Å². The molecule has 1 heterocycles. The Bertz CT molecular complexity index is 487. The molecule has 2 aliphatic carbocycles. The summed E-state index contributed by atoms with van der Waals surface area (Å²) >= 11 is 0. The van der Waals surface area contributed by atoms with E-state index in [1.165, 1.54) is 24.8 Å². The summed E-state index contributed by atoms with van der Waals surface area (Å²) in [6.07, 6.45) is 9.55. The van der Waals surface area contributed by atoms with Crippen molar-refractivity contribution in [2.75, 3.05) is 6.61 Å². The van der Waals surface area contributed by atoms with Crippen LogP contribution in [0.2, 0.25) is 0 Å². The van der Waals surface area contributed by atoms with Gasteiger partial charge >= 0.3 is 0 Å². The first-order chi connectivity index (χ1) is 10.2. The summed E-state index contributed by atoms with van der Waals surface area (Å²) in [7, 11) is 0. The Morgan fingerprint density at radius 3 is 2.86 bits per heavy atom. The van der Waals surface area contributed by atoms with Crippen LogP contribution in [-0.2, 0) is 17.9 Å². The zero-order chi connectivity index (χ0) is 14.7. The number of ether oxygens (including phenoxy) is 1. The first kappa shape index (κ1) is 14.9. The van der Waals surface area contributed by atoms with E-state index in [4.69, 9.17) is 9.15 Å². The second kappa shape index (κ2) is 6.80. The van der Waals surface area contributed by atoms with Crippen molar-refractivity contribution < 1.29 is 9.15 Å². The van der Waals surface area contributed by atoms with Crippen molar-refractivity contribution in [3.63, 3.8) is 0 Å². The lowest BCUT2D eigenvalue weighted by atomic mass is 9.85.